The number of carbonyl (C=O) groups is 2. The lowest BCUT2D eigenvalue weighted by Gasteiger charge is -2.37. The van der Waals surface area contributed by atoms with Gasteiger partial charge in [0, 0.05) is 17.1 Å². The molecule has 1 amide bonds. The Morgan fingerprint density at radius 1 is 0.972 bits per heavy atom. The summed E-state index contributed by atoms with van der Waals surface area (Å²) in [6.45, 7) is 2.78. The van der Waals surface area contributed by atoms with E-state index in [1.54, 1.807) is 74.6 Å². The first kappa shape index (κ1) is 25.4. The summed E-state index contributed by atoms with van der Waals surface area (Å²) in [5, 5.41) is 0.499. The summed E-state index contributed by atoms with van der Waals surface area (Å²) in [5.74, 6) is 1.27. The highest BCUT2D eigenvalue weighted by atomic mass is 35.5. The molecule has 4 rings (SSSR count). The number of hydrogen-bond donors (Lipinski definition) is 0. The van der Waals surface area contributed by atoms with Crippen LogP contribution in [0.5, 0.6) is 17.2 Å². The second-order valence-corrected chi connectivity index (χ2v) is 8.67. The Balaban J connectivity index is 1.64. The van der Waals surface area contributed by atoms with Gasteiger partial charge in [-0.15, -0.1) is 0 Å². The fourth-order valence-corrected chi connectivity index (χ4v) is 4.51. The Hall–Kier alpha value is -3.71. The maximum Gasteiger partial charge on any atom is 0.338 e. The highest BCUT2D eigenvalue weighted by molar-refractivity contribution is 6.30. The van der Waals surface area contributed by atoms with Gasteiger partial charge in [0.1, 0.15) is 12.4 Å². The lowest BCUT2D eigenvalue weighted by atomic mass is 9.91. The summed E-state index contributed by atoms with van der Waals surface area (Å²) in [4.78, 5) is 27.3. The molecule has 1 aliphatic heterocycles. The molecule has 0 saturated carbocycles. The first-order valence-electron chi connectivity index (χ1n) is 11.7. The number of amides is 1. The molecule has 0 saturated heterocycles. The largest absolute Gasteiger partial charge is 0.493 e. The van der Waals surface area contributed by atoms with Crippen LogP contribution in [0.3, 0.4) is 0 Å². The van der Waals surface area contributed by atoms with E-state index >= 15 is 0 Å². The molecule has 1 heterocycles. The number of carbonyl (C=O) groups excluding carboxylic acids is 2. The van der Waals surface area contributed by atoms with Gasteiger partial charge in [0.15, 0.2) is 11.5 Å². The van der Waals surface area contributed by atoms with Crippen molar-refractivity contribution in [3.63, 3.8) is 0 Å². The van der Waals surface area contributed by atoms with Gasteiger partial charge in [-0.3, -0.25) is 4.79 Å². The summed E-state index contributed by atoms with van der Waals surface area (Å²) in [6, 6.07) is 17.1. The summed E-state index contributed by atoms with van der Waals surface area (Å²) in [5.41, 5.74) is 2.95. The zero-order chi connectivity index (χ0) is 25.7. The van der Waals surface area contributed by atoms with E-state index in [2.05, 4.69) is 0 Å². The molecular weight excluding hydrogens is 482 g/mol. The number of rotatable bonds is 8. The Bertz CT molecular complexity index is 1240. The number of nitrogens with zero attached hydrogens (tertiary/aromatic N) is 1. The van der Waals surface area contributed by atoms with Gasteiger partial charge in [0.2, 0.25) is 0 Å². The lowest BCUT2D eigenvalue weighted by molar-refractivity contribution is 0.0524. The molecule has 0 unspecified atom stereocenters. The van der Waals surface area contributed by atoms with Crippen molar-refractivity contribution in [3.05, 3.63) is 87.9 Å². The van der Waals surface area contributed by atoms with Gasteiger partial charge in [-0.05, 0) is 79.1 Å². The van der Waals surface area contributed by atoms with Crippen LogP contribution in [0, 0.1) is 0 Å². The number of ether oxygens (including phenoxy) is 4. The predicted molar refractivity (Wildman–Crippen MR) is 136 cm³/mol. The maximum absolute atomic E-state index is 13.5. The second kappa shape index (κ2) is 11.4. The third kappa shape index (κ3) is 5.41. The minimum Gasteiger partial charge on any atom is -0.493 e. The van der Waals surface area contributed by atoms with Gasteiger partial charge in [-0.2, -0.15) is 0 Å². The molecule has 3 aromatic rings. The monoisotopic (exact) mass is 509 g/mol. The molecule has 188 valence electrons. The van der Waals surface area contributed by atoms with E-state index in [1.165, 1.54) is 0 Å². The number of esters is 1. The first-order chi connectivity index (χ1) is 17.4. The Kier molecular flexibility index (Phi) is 8.00. The summed E-state index contributed by atoms with van der Waals surface area (Å²) in [7, 11) is 3.18. The van der Waals surface area contributed by atoms with Crippen LogP contribution in [0.1, 0.15) is 44.8 Å². The average Bonchev–Trinajstić information content (AvgIpc) is 2.90. The van der Waals surface area contributed by atoms with Crippen molar-refractivity contribution in [1.82, 2.24) is 4.90 Å². The Morgan fingerprint density at radius 3 is 2.36 bits per heavy atom. The highest BCUT2D eigenvalue weighted by Crippen LogP contribution is 2.39. The van der Waals surface area contributed by atoms with Crippen LogP contribution in [0.4, 0.5) is 0 Å². The van der Waals surface area contributed by atoms with E-state index in [0.29, 0.717) is 53.0 Å². The van der Waals surface area contributed by atoms with Crippen LogP contribution in [0.2, 0.25) is 5.02 Å². The Labute approximate surface area is 215 Å². The molecular formula is C28H28ClNO6. The van der Waals surface area contributed by atoms with Crippen molar-refractivity contribution >= 4 is 23.5 Å². The average molecular weight is 510 g/mol. The second-order valence-electron chi connectivity index (χ2n) is 8.24. The minimum atomic E-state index is -0.385. The lowest BCUT2D eigenvalue weighted by Crippen LogP contribution is -2.42. The summed E-state index contributed by atoms with van der Waals surface area (Å²) in [6.07, 6.45) is 0.659. The molecule has 3 aromatic carbocycles. The number of fused-ring (bicyclic) bond motifs is 1. The number of halogens is 1. The van der Waals surface area contributed by atoms with Crippen LogP contribution in [-0.2, 0) is 11.2 Å². The normalized spacial score (nSPS) is 14.6. The van der Waals surface area contributed by atoms with E-state index in [0.717, 1.165) is 11.1 Å². The van der Waals surface area contributed by atoms with Crippen molar-refractivity contribution in [2.45, 2.75) is 19.4 Å². The highest BCUT2D eigenvalue weighted by Gasteiger charge is 2.33. The van der Waals surface area contributed by atoms with Crippen LogP contribution in [-0.4, -0.2) is 50.8 Å². The topological polar surface area (TPSA) is 74.3 Å². The number of methoxy groups -OCH3 is 2. The van der Waals surface area contributed by atoms with E-state index in [9.17, 15) is 9.59 Å². The number of hydrogen-bond acceptors (Lipinski definition) is 6. The van der Waals surface area contributed by atoms with E-state index in [-0.39, 0.29) is 24.5 Å². The van der Waals surface area contributed by atoms with E-state index in [1.807, 2.05) is 12.1 Å². The zero-order valence-corrected chi connectivity index (χ0v) is 21.2. The molecule has 0 spiro atoms. The molecule has 0 aliphatic carbocycles. The molecule has 0 aromatic heterocycles. The molecule has 8 heteroatoms. The molecule has 1 atom stereocenters. The smallest absolute Gasteiger partial charge is 0.338 e. The zero-order valence-electron chi connectivity index (χ0n) is 20.5. The third-order valence-electron chi connectivity index (χ3n) is 6.11. The van der Waals surface area contributed by atoms with Crippen molar-refractivity contribution < 1.29 is 28.5 Å². The molecule has 0 N–H and O–H groups in total. The van der Waals surface area contributed by atoms with Gasteiger partial charge >= 0.3 is 5.97 Å². The Morgan fingerprint density at radius 2 is 1.69 bits per heavy atom. The van der Waals surface area contributed by atoms with Gasteiger partial charge in [-0.1, -0.05) is 17.7 Å². The van der Waals surface area contributed by atoms with E-state index in [4.69, 9.17) is 30.5 Å². The standard InChI is InChI=1S/C28H28ClNO6/c1-4-35-28(32)18-8-10-22(11-9-18)36-17-24-23-16-26(34-3)25(33-2)15-19(23)12-13-30(24)27(31)20-6-5-7-21(29)14-20/h5-11,14-16,24H,4,12-13,17H2,1-3H3/t24-/m1/s1. The van der Waals surface area contributed by atoms with Crippen molar-refractivity contribution in [3.8, 4) is 17.2 Å². The van der Waals surface area contributed by atoms with Gasteiger partial charge in [0.05, 0.1) is 32.4 Å². The molecule has 7 nitrogen and oxygen atoms in total. The summed E-state index contributed by atoms with van der Waals surface area (Å²) < 4.78 is 22.2. The first-order valence-corrected chi connectivity index (χ1v) is 12.0. The molecule has 36 heavy (non-hydrogen) atoms. The quantitative estimate of drug-likeness (QED) is 0.381. The van der Waals surface area contributed by atoms with Crippen molar-refractivity contribution in [1.29, 1.82) is 0 Å². The fraction of sp³-hybridized carbons (Fsp3) is 0.286. The van der Waals surface area contributed by atoms with Gasteiger partial charge in [0.25, 0.3) is 5.91 Å². The predicted octanol–water partition coefficient (Wildman–Crippen LogP) is 5.35. The van der Waals surface area contributed by atoms with E-state index < -0.39 is 0 Å². The molecule has 0 fully saturated rings. The maximum atomic E-state index is 13.5. The number of benzene rings is 3. The van der Waals surface area contributed by atoms with Gasteiger partial charge in [-0.25, -0.2) is 4.79 Å². The fourth-order valence-electron chi connectivity index (χ4n) is 4.32. The van der Waals surface area contributed by atoms with Crippen LogP contribution >= 0.6 is 11.6 Å². The molecule has 1 aliphatic rings. The molecule has 0 radical (unpaired) electrons. The van der Waals surface area contributed by atoms with Crippen LogP contribution < -0.4 is 14.2 Å². The SMILES string of the molecule is CCOC(=O)c1ccc(OC[C@@H]2c3cc(OC)c(OC)cc3CCN2C(=O)c2cccc(Cl)c2)cc1. The molecule has 0 bridgehead atoms. The minimum absolute atomic E-state index is 0.135. The van der Waals surface area contributed by atoms with Crippen LogP contribution in [0.25, 0.3) is 0 Å². The van der Waals surface area contributed by atoms with Crippen molar-refractivity contribution in [2.75, 3.05) is 34.0 Å². The van der Waals surface area contributed by atoms with Crippen LogP contribution in [0.15, 0.2) is 60.7 Å². The van der Waals surface area contributed by atoms with Crippen molar-refractivity contribution in [2.24, 2.45) is 0 Å². The third-order valence-corrected chi connectivity index (χ3v) is 6.34. The summed E-state index contributed by atoms with van der Waals surface area (Å²) >= 11 is 6.16. The van der Waals surface area contributed by atoms with Gasteiger partial charge < -0.3 is 23.8 Å².